The molecule has 0 spiro atoms. The van der Waals surface area contributed by atoms with Crippen molar-refractivity contribution >= 4 is 0 Å². The number of nitrogens with one attached hydrogen (secondary N) is 1. The molecule has 1 saturated heterocycles. The van der Waals surface area contributed by atoms with Gasteiger partial charge >= 0.3 is 6.18 Å². The van der Waals surface area contributed by atoms with Gasteiger partial charge in [-0.3, -0.25) is 0 Å². The van der Waals surface area contributed by atoms with Crippen LogP contribution < -0.4 is 10.1 Å². The first-order valence-corrected chi connectivity index (χ1v) is 5.38. The Morgan fingerprint density at radius 1 is 1.29 bits per heavy atom. The van der Waals surface area contributed by atoms with E-state index in [0.29, 0.717) is 13.1 Å². The third-order valence-corrected chi connectivity index (χ3v) is 2.88. The summed E-state index contributed by atoms with van der Waals surface area (Å²) in [4.78, 5) is 0. The van der Waals surface area contributed by atoms with Gasteiger partial charge in [-0.05, 0) is 31.5 Å². The molecule has 17 heavy (non-hydrogen) atoms. The summed E-state index contributed by atoms with van der Waals surface area (Å²) in [5.74, 6) is 0.270. The average molecular weight is 245 g/mol. The van der Waals surface area contributed by atoms with Gasteiger partial charge < -0.3 is 10.1 Å². The molecule has 0 unspecified atom stereocenters. The molecule has 0 aromatic heterocycles. The van der Waals surface area contributed by atoms with Crippen LogP contribution in [0, 0.1) is 6.92 Å². The van der Waals surface area contributed by atoms with Crippen molar-refractivity contribution in [2.45, 2.75) is 25.6 Å². The van der Waals surface area contributed by atoms with Crippen molar-refractivity contribution in [3.05, 3.63) is 29.3 Å². The molecule has 5 heteroatoms. The summed E-state index contributed by atoms with van der Waals surface area (Å²) >= 11 is 0. The summed E-state index contributed by atoms with van der Waals surface area (Å²) in [6, 6.07) is 4.08. The summed E-state index contributed by atoms with van der Waals surface area (Å²) in [5.41, 5.74) is -0.814. The topological polar surface area (TPSA) is 21.3 Å². The van der Waals surface area contributed by atoms with Crippen molar-refractivity contribution in [1.82, 2.24) is 5.32 Å². The Labute approximate surface area is 97.8 Å². The van der Waals surface area contributed by atoms with Crippen LogP contribution in [0.3, 0.4) is 0 Å². The van der Waals surface area contributed by atoms with E-state index in [0.717, 1.165) is 6.07 Å². The first-order valence-electron chi connectivity index (χ1n) is 5.38. The number of halogens is 3. The standard InChI is InChI=1S/C12H14F3NO/c1-8-3-4-9(5-10(8)12(13,14)15)17-11(2)6-16-7-11/h3-5,16H,6-7H2,1-2H3. The van der Waals surface area contributed by atoms with Gasteiger partial charge in [-0.2, -0.15) is 13.2 Å². The monoisotopic (exact) mass is 245 g/mol. The summed E-state index contributed by atoms with van der Waals surface area (Å²) in [6.45, 7) is 4.63. The van der Waals surface area contributed by atoms with E-state index < -0.39 is 17.3 Å². The minimum atomic E-state index is -4.33. The van der Waals surface area contributed by atoms with Gasteiger partial charge in [0.2, 0.25) is 0 Å². The summed E-state index contributed by atoms with van der Waals surface area (Å²) in [5, 5.41) is 3.03. The van der Waals surface area contributed by atoms with Crippen LogP contribution in [0.25, 0.3) is 0 Å². The molecule has 2 nitrogen and oxygen atoms in total. The van der Waals surface area contributed by atoms with Gasteiger partial charge in [0.1, 0.15) is 11.4 Å². The third-order valence-electron chi connectivity index (χ3n) is 2.88. The van der Waals surface area contributed by atoms with Gasteiger partial charge in [-0.25, -0.2) is 0 Å². The summed E-state index contributed by atoms with van der Waals surface area (Å²) < 4.78 is 43.6. The highest BCUT2D eigenvalue weighted by Gasteiger charge is 2.36. The molecular weight excluding hydrogens is 231 g/mol. The van der Waals surface area contributed by atoms with Crippen molar-refractivity contribution < 1.29 is 17.9 Å². The number of rotatable bonds is 2. The van der Waals surface area contributed by atoms with Crippen molar-refractivity contribution in [2.24, 2.45) is 0 Å². The predicted molar refractivity (Wildman–Crippen MR) is 58.1 cm³/mol. The van der Waals surface area contributed by atoms with Crippen molar-refractivity contribution in [3.63, 3.8) is 0 Å². The molecule has 1 aliphatic heterocycles. The van der Waals surface area contributed by atoms with Crippen LogP contribution in [0.4, 0.5) is 13.2 Å². The Balaban J connectivity index is 2.25. The largest absolute Gasteiger partial charge is 0.485 e. The molecule has 1 heterocycles. The lowest BCUT2D eigenvalue weighted by Crippen LogP contribution is -2.61. The van der Waals surface area contributed by atoms with Crippen LogP contribution in [-0.2, 0) is 6.18 Å². The van der Waals surface area contributed by atoms with E-state index in [-0.39, 0.29) is 11.3 Å². The Kier molecular flexibility index (Phi) is 2.81. The molecule has 1 aromatic carbocycles. The van der Waals surface area contributed by atoms with Gasteiger partial charge in [0.25, 0.3) is 0 Å². The quantitative estimate of drug-likeness (QED) is 0.865. The maximum Gasteiger partial charge on any atom is 0.416 e. The zero-order valence-electron chi connectivity index (χ0n) is 9.69. The van der Waals surface area contributed by atoms with Crippen LogP contribution in [0.5, 0.6) is 5.75 Å². The number of ether oxygens (including phenoxy) is 1. The number of aryl methyl sites for hydroxylation is 1. The van der Waals surface area contributed by atoms with E-state index in [1.165, 1.54) is 13.0 Å². The Morgan fingerprint density at radius 2 is 1.94 bits per heavy atom. The van der Waals surface area contributed by atoms with Crippen molar-refractivity contribution in [2.75, 3.05) is 13.1 Å². The van der Waals surface area contributed by atoms with E-state index in [2.05, 4.69) is 5.32 Å². The van der Waals surface area contributed by atoms with Gasteiger partial charge in [0.05, 0.1) is 5.56 Å². The molecule has 1 aliphatic rings. The Bertz CT molecular complexity index is 424. The maximum absolute atomic E-state index is 12.7. The minimum Gasteiger partial charge on any atom is -0.485 e. The normalized spacial score (nSPS) is 18.6. The first-order chi connectivity index (χ1) is 7.80. The molecule has 0 amide bonds. The molecule has 0 atom stereocenters. The van der Waals surface area contributed by atoms with Gasteiger partial charge in [0, 0.05) is 13.1 Å². The van der Waals surface area contributed by atoms with Crippen LogP contribution in [-0.4, -0.2) is 18.7 Å². The predicted octanol–water partition coefficient (Wildman–Crippen LogP) is 2.75. The average Bonchev–Trinajstić information content (AvgIpc) is 2.17. The molecule has 94 valence electrons. The Hall–Kier alpha value is -1.23. The highest BCUT2D eigenvalue weighted by atomic mass is 19.4. The number of hydrogen-bond acceptors (Lipinski definition) is 2. The first kappa shape index (κ1) is 12.2. The minimum absolute atomic E-state index is 0.210. The molecule has 1 fully saturated rings. The van der Waals surface area contributed by atoms with E-state index in [1.54, 1.807) is 6.07 Å². The van der Waals surface area contributed by atoms with Crippen molar-refractivity contribution in [1.29, 1.82) is 0 Å². The van der Waals surface area contributed by atoms with Crippen LogP contribution in [0.1, 0.15) is 18.1 Å². The van der Waals surface area contributed by atoms with Crippen LogP contribution >= 0.6 is 0 Å². The molecule has 0 bridgehead atoms. The molecule has 0 aliphatic carbocycles. The number of benzene rings is 1. The maximum atomic E-state index is 12.7. The molecule has 2 rings (SSSR count). The lowest BCUT2D eigenvalue weighted by Gasteiger charge is -2.39. The van der Waals surface area contributed by atoms with E-state index in [4.69, 9.17) is 4.74 Å². The highest BCUT2D eigenvalue weighted by molar-refractivity contribution is 5.37. The molecular formula is C12H14F3NO. The van der Waals surface area contributed by atoms with Gasteiger partial charge in [-0.1, -0.05) is 6.07 Å². The molecule has 0 radical (unpaired) electrons. The molecule has 1 N–H and O–H groups in total. The number of alkyl halides is 3. The lowest BCUT2D eigenvalue weighted by atomic mass is 9.99. The number of hydrogen-bond donors (Lipinski definition) is 1. The fraction of sp³-hybridized carbons (Fsp3) is 0.500. The smallest absolute Gasteiger partial charge is 0.416 e. The molecule has 0 saturated carbocycles. The Morgan fingerprint density at radius 3 is 2.41 bits per heavy atom. The second kappa shape index (κ2) is 3.91. The van der Waals surface area contributed by atoms with Gasteiger partial charge in [-0.15, -0.1) is 0 Å². The van der Waals surface area contributed by atoms with Gasteiger partial charge in [0.15, 0.2) is 0 Å². The van der Waals surface area contributed by atoms with E-state index >= 15 is 0 Å². The van der Waals surface area contributed by atoms with Crippen LogP contribution in [0.15, 0.2) is 18.2 Å². The fourth-order valence-corrected chi connectivity index (χ4v) is 1.80. The lowest BCUT2D eigenvalue weighted by molar-refractivity contribution is -0.138. The zero-order chi connectivity index (χ0) is 12.7. The summed E-state index contributed by atoms with van der Waals surface area (Å²) in [6.07, 6.45) is -4.33. The second-order valence-electron chi connectivity index (χ2n) is 4.63. The van der Waals surface area contributed by atoms with Crippen LogP contribution in [0.2, 0.25) is 0 Å². The van der Waals surface area contributed by atoms with E-state index in [9.17, 15) is 13.2 Å². The molecule has 1 aromatic rings. The summed E-state index contributed by atoms with van der Waals surface area (Å²) in [7, 11) is 0. The third kappa shape index (κ3) is 2.54. The SMILES string of the molecule is Cc1ccc(OC2(C)CNC2)cc1C(F)(F)F. The zero-order valence-corrected chi connectivity index (χ0v) is 9.69. The highest BCUT2D eigenvalue weighted by Crippen LogP contribution is 2.35. The van der Waals surface area contributed by atoms with Crippen molar-refractivity contribution in [3.8, 4) is 5.75 Å². The second-order valence-corrected chi connectivity index (χ2v) is 4.63. The fourth-order valence-electron chi connectivity index (χ4n) is 1.80. The van der Waals surface area contributed by atoms with E-state index in [1.807, 2.05) is 6.92 Å².